The van der Waals surface area contributed by atoms with Crippen molar-refractivity contribution in [1.29, 1.82) is 0 Å². The highest BCUT2D eigenvalue weighted by Crippen LogP contribution is 2.19. The SMILES string of the molecule is Fc1ccc(NC(=S)NC[C@@H]2CCCO2)cc1Cl. The lowest BCUT2D eigenvalue weighted by Crippen LogP contribution is -2.34. The van der Waals surface area contributed by atoms with Gasteiger partial charge in [-0.2, -0.15) is 0 Å². The molecule has 6 heteroatoms. The Labute approximate surface area is 116 Å². The molecule has 98 valence electrons. The third-order valence-electron chi connectivity index (χ3n) is 2.69. The highest BCUT2D eigenvalue weighted by atomic mass is 35.5. The minimum absolute atomic E-state index is 0.0712. The van der Waals surface area contributed by atoms with E-state index in [1.807, 2.05) is 0 Å². The smallest absolute Gasteiger partial charge is 0.170 e. The van der Waals surface area contributed by atoms with E-state index in [9.17, 15) is 4.39 Å². The van der Waals surface area contributed by atoms with E-state index in [0.29, 0.717) is 17.3 Å². The normalized spacial score (nSPS) is 18.7. The molecule has 1 heterocycles. The van der Waals surface area contributed by atoms with Crippen molar-refractivity contribution in [3.63, 3.8) is 0 Å². The van der Waals surface area contributed by atoms with E-state index in [4.69, 9.17) is 28.6 Å². The molecule has 0 unspecified atom stereocenters. The second kappa shape index (κ2) is 6.31. The number of halogens is 2. The summed E-state index contributed by atoms with van der Waals surface area (Å²) in [6.07, 6.45) is 2.37. The molecule has 1 aliphatic rings. The van der Waals surface area contributed by atoms with Crippen LogP contribution in [0.25, 0.3) is 0 Å². The predicted molar refractivity (Wildman–Crippen MR) is 74.6 cm³/mol. The maximum Gasteiger partial charge on any atom is 0.170 e. The second-order valence-electron chi connectivity index (χ2n) is 4.10. The monoisotopic (exact) mass is 288 g/mol. The molecule has 2 rings (SSSR count). The van der Waals surface area contributed by atoms with Gasteiger partial charge < -0.3 is 15.4 Å². The number of ether oxygens (including phenoxy) is 1. The number of thiocarbonyl (C=S) groups is 1. The Hall–Kier alpha value is -0.910. The molecule has 2 N–H and O–H groups in total. The van der Waals surface area contributed by atoms with Crippen molar-refractivity contribution in [2.45, 2.75) is 18.9 Å². The molecule has 0 saturated carbocycles. The van der Waals surface area contributed by atoms with Crippen molar-refractivity contribution in [3.8, 4) is 0 Å². The zero-order valence-corrected chi connectivity index (χ0v) is 11.3. The number of benzene rings is 1. The van der Waals surface area contributed by atoms with Crippen LogP contribution in [0.2, 0.25) is 5.02 Å². The lowest BCUT2D eigenvalue weighted by Gasteiger charge is -2.14. The zero-order chi connectivity index (χ0) is 13.0. The largest absolute Gasteiger partial charge is 0.376 e. The third-order valence-corrected chi connectivity index (χ3v) is 3.23. The first kappa shape index (κ1) is 13.5. The van der Waals surface area contributed by atoms with Gasteiger partial charge in [-0.15, -0.1) is 0 Å². The van der Waals surface area contributed by atoms with E-state index in [1.165, 1.54) is 12.1 Å². The molecule has 1 fully saturated rings. The van der Waals surface area contributed by atoms with Gasteiger partial charge in [0.25, 0.3) is 0 Å². The minimum Gasteiger partial charge on any atom is -0.376 e. The van der Waals surface area contributed by atoms with Crippen LogP contribution in [0.4, 0.5) is 10.1 Å². The van der Waals surface area contributed by atoms with Crippen molar-refractivity contribution in [2.24, 2.45) is 0 Å². The number of hydrogen-bond donors (Lipinski definition) is 2. The third kappa shape index (κ3) is 3.80. The van der Waals surface area contributed by atoms with Gasteiger partial charge in [-0.1, -0.05) is 11.6 Å². The summed E-state index contributed by atoms with van der Waals surface area (Å²) in [6.45, 7) is 1.50. The number of rotatable bonds is 3. The van der Waals surface area contributed by atoms with Gasteiger partial charge in [0.2, 0.25) is 0 Å². The van der Waals surface area contributed by atoms with Crippen molar-refractivity contribution < 1.29 is 9.13 Å². The fraction of sp³-hybridized carbons (Fsp3) is 0.417. The van der Waals surface area contributed by atoms with Gasteiger partial charge in [-0.05, 0) is 43.3 Å². The van der Waals surface area contributed by atoms with Gasteiger partial charge in [0.15, 0.2) is 5.11 Å². The first-order chi connectivity index (χ1) is 8.65. The standard InChI is InChI=1S/C12H14ClFN2OS/c13-10-6-8(3-4-11(10)14)16-12(18)15-7-9-2-1-5-17-9/h3-4,6,9H,1-2,5,7H2,(H2,15,16,18)/t9-/m0/s1. The van der Waals surface area contributed by atoms with Gasteiger partial charge in [0.1, 0.15) is 5.82 Å². The van der Waals surface area contributed by atoms with E-state index in [1.54, 1.807) is 6.07 Å². The van der Waals surface area contributed by atoms with Gasteiger partial charge in [-0.3, -0.25) is 0 Å². The van der Waals surface area contributed by atoms with Gasteiger partial charge in [0, 0.05) is 18.8 Å². The summed E-state index contributed by atoms with van der Waals surface area (Å²) in [5, 5.41) is 6.56. The molecule has 0 aliphatic carbocycles. The summed E-state index contributed by atoms with van der Waals surface area (Å²) in [5.74, 6) is -0.444. The van der Waals surface area contributed by atoms with Gasteiger partial charge >= 0.3 is 0 Å². The number of hydrogen-bond acceptors (Lipinski definition) is 2. The average molecular weight is 289 g/mol. The summed E-state index contributed by atoms with van der Waals surface area (Å²) >= 11 is 10.8. The van der Waals surface area contributed by atoms with Crippen LogP contribution in [0.3, 0.4) is 0 Å². The highest BCUT2D eigenvalue weighted by molar-refractivity contribution is 7.80. The molecule has 1 aromatic carbocycles. The Balaban J connectivity index is 1.80. The maximum atomic E-state index is 13.0. The lowest BCUT2D eigenvalue weighted by atomic mass is 10.2. The maximum absolute atomic E-state index is 13.0. The summed E-state index contributed by atoms with van der Waals surface area (Å²) in [7, 11) is 0. The van der Waals surface area contributed by atoms with Crippen LogP contribution in [0, 0.1) is 5.82 Å². The molecule has 0 bridgehead atoms. The average Bonchev–Trinajstić information content (AvgIpc) is 2.84. The molecule has 1 saturated heterocycles. The summed E-state index contributed by atoms with van der Waals surface area (Å²) in [6, 6.07) is 4.38. The van der Waals surface area contributed by atoms with Crippen LogP contribution in [0.5, 0.6) is 0 Å². The molecule has 0 spiro atoms. The topological polar surface area (TPSA) is 33.3 Å². The molecule has 0 radical (unpaired) electrons. The minimum atomic E-state index is -0.444. The number of anilines is 1. The molecular weight excluding hydrogens is 275 g/mol. The van der Waals surface area contributed by atoms with Crippen LogP contribution < -0.4 is 10.6 Å². The second-order valence-corrected chi connectivity index (χ2v) is 4.91. The summed E-state index contributed by atoms with van der Waals surface area (Å²) in [4.78, 5) is 0. The Bertz CT molecular complexity index is 438. The fourth-order valence-corrected chi connectivity index (χ4v) is 2.14. The van der Waals surface area contributed by atoms with Crippen molar-refractivity contribution in [3.05, 3.63) is 29.0 Å². The van der Waals surface area contributed by atoms with Crippen molar-refractivity contribution in [2.75, 3.05) is 18.5 Å². The Kier molecular flexibility index (Phi) is 4.74. The lowest BCUT2D eigenvalue weighted by molar-refractivity contribution is 0.114. The first-order valence-corrected chi connectivity index (χ1v) is 6.55. The molecule has 1 aromatic rings. The Morgan fingerprint density at radius 1 is 1.56 bits per heavy atom. The van der Waals surface area contributed by atoms with Crippen LogP contribution in [-0.4, -0.2) is 24.4 Å². The van der Waals surface area contributed by atoms with Crippen LogP contribution >= 0.6 is 23.8 Å². The van der Waals surface area contributed by atoms with Crippen LogP contribution in [-0.2, 0) is 4.74 Å². The Morgan fingerprint density at radius 2 is 2.39 bits per heavy atom. The van der Waals surface area contributed by atoms with E-state index in [0.717, 1.165) is 19.4 Å². The number of nitrogens with one attached hydrogen (secondary N) is 2. The van der Waals surface area contributed by atoms with Gasteiger partial charge in [-0.25, -0.2) is 4.39 Å². The molecule has 0 amide bonds. The molecule has 1 aliphatic heterocycles. The fourth-order valence-electron chi connectivity index (χ4n) is 1.76. The Morgan fingerprint density at radius 3 is 3.06 bits per heavy atom. The molecule has 1 atom stereocenters. The molecule has 3 nitrogen and oxygen atoms in total. The molecule has 18 heavy (non-hydrogen) atoms. The summed E-state index contributed by atoms with van der Waals surface area (Å²) < 4.78 is 18.4. The van der Waals surface area contributed by atoms with E-state index in [-0.39, 0.29) is 11.1 Å². The predicted octanol–water partition coefficient (Wildman–Crippen LogP) is 2.94. The van der Waals surface area contributed by atoms with Crippen molar-refractivity contribution >= 4 is 34.6 Å². The van der Waals surface area contributed by atoms with Crippen LogP contribution in [0.1, 0.15) is 12.8 Å². The summed E-state index contributed by atoms with van der Waals surface area (Å²) in [5.41, 5.74) is 0.659. The van der Waals surface area contributed by atoms with Gasteiger partial charge in [0.05, 0.1) is 11.1 Å². The highest BCUT2D eigenvalue weighted by Gasteiger charge is 2.15. The van der Waals surface area contributed by atoms with Crippen LogP contribution in [0.15, 0.2) is 18.2 Å². The zero-order valence-electron chi connectivity index (χ0n) is 9.71. The first-order valence-electron chi connectivity index (χ1n) is 5.76. The quantitative estimate of drug-likeness (QED) is 0.838. The van der Waals surface area contributed by atoms with E-state index in [2.05, 4.69) is 10.6 Å². The molecule has 0 aromatic heterocycles. The van der Waals surface area contributed by atoms with E-state index < -0.39 is 5.82 Å². The van der Waals surface area contributed by atoms with Crippen molar-refractivity contribution in [1.82, 2.24) is 5.32 Å². The van der Waals surface area contributed by atoms with E-state index >= 15 is 0 Å². The molecular formula is C12H14ClFN2OS.